The number of nitrogens with zero attached hydrogens (tertiary/aromatic N) is 1. The predicted octanol–water partition coefficient (Wildman–Crippen LogP) is 2.34. The first-order chi connectivity index (χ1) is 12.5. The van der Waals surface area contributed by atoms with Gasteiger partial charge in [0, 0.05) is 12.1 Å². The average Bonchev–Trinajstić information content (AvgIpc) is 2.98. The molecule has 0 bridgehead atoms. The lowest BCUT2D eigenvalue weighted by Gasteiger charge is -2.17. The Morgan fingerprint density at radius 3 is 2.62 bits per heavy atom. The molecule has 26 heavy (non-hydrogen) atoms. The van der Waals surface area contributed by atoms with Crippen LogP contribution in [0.5, 0.6) is 5.75 Å². The van der Waals surface area contributed by atoms with E-state index in [0.29, 0.717) is 37.4 Å². The molecule has 0 aliphatic carbocycles. The van der Waals surface area contributed by atoms with Gasteiger partial charge in [0.15, 0.2) is 0 Å². The summed E-state index contributed by atoms with van der Waals surface area (Å²) in [7, 11) is -3.20. The number of ether oxygens (including phenoxy) is 1. The average molecular weight is 374 g/mol. The van der Waals surface area contributed by atoms with Crippen LogP contribution in [0, 0.1) is 6.92 Å². The molecule has 0 saturated carbocycles. The van der Waals surface area contributed by atoms with E-state index in [2.05, 4.69) is 5.32 Å². The fourth-order valence-corrected chi connectivity index (χ4v) is 4.41. The van der Waals surface area contributed by atoms with Gasteiger partial charge >= 0.3 is 0 Å². The van der Waals surface area contributed by atoms with Gasteiger partial charge in [-0.3, -0.25) is 9.10 Å². The van der Waals surface area contributed by atoms with Gasteiger partial charge in [0.25, 0.3) is 5.91 Å². The van der Waals surface area contributed by atoms with Gasteiger partial charge in [-0.05, 0) is 55.3 Å². The minimum atomic E-state index is -3.20. The summed E-state index contributed by atoms with van der Waals surface area (Å²) in [6.45, 7) is 3.24. The normalized spacial score (nSPS) is 15.7. The Labute approximate surface area is 153 Å². The number of carbonyl (C=O) groups excluding carboxylic acids is 1. The van der Waals surface area contributed by atoms with Crippen molar-refractivity contribution in [1.82, 2.24) is 5.32 Å². The van der Waals surface area contributed by atoms with Crippen molar-refractivity contribution in [2.45, 2.75) is 13.3 Å². The second-order valence-electron chi connectivity index (χ2n) is 6.21. The molecule has 1 aliphatic heterocycles. The zero-order valence-corrected chi connectivity index (χ0v) is 15.5. The topological polar surface area (TPSA) is 75.7 Å². The van der Waals surface area contributed by atoms with Crippen LogP contribution in [0.3, 0.4) is 0 Å². The monoisotopic (exact) mass is 374 g/mol. The number of hydrogen-bond donors (Lipinski definition) is 1. The van der Waals surface area contributed by atoms with Crippen molar-refractivity contribution in [2.75, 3.05) is 29.8 Å². The summed E-state index contributed by atoms with van der Waals surface area (Å²) >= 11 is 0. The maximum absolute atomic E-state index is 12.2. The van der Waals surface area contributed by atoms with Crippen molar-refractivity contribution >= 4 is 21.6 Å². The van der Waals surface area contributed by atoms with Gasteiger partial charge in [0.05, 0.1) is 18.0 Å². The fourth-order valence-electron chi connectivity index (χ4n) is 2.85. The summed E-state index contributed by atoms with van der Waals surface area (Å²) in [5.41, 5.74) is 2.20. The Kier molecular flexibility index (Phi) is 5.46. The molecule has 2 aromatic carbocycles. The number of rotatable bonds is 6. The lowest BCUT2D eigenvalue weighted by molar-refractivity contribution is 0.0947. The molecule has 0 aromatic heterocycles. The number of carbonyl (C=O) groups is 1. The molecule has 1 N–H and O–H groups in total. The number of anilines is 1. The van der Waals surface area contributed by atoms with Crippen LogP contribution in [0.15, 0.2) is 48.5 Å². The van der Waals surface area contributed by atoms with Crippen LogP contribution < -0.4 is 14.4 Å². The van der Waals surface area contributed by atoms with E-state index in [1.165, 1.54) is 4.31 Å². The van der Waals surface area contributed by atoms with Crippen molar-refractivity contribution in [2.24, 2.45) is 0 Å². The molecule has 0 spiro atoms. The van der Waals surface area contributed by atoms with Gasteiger partial charge in [-0.25, -0.2) is 8.42 Å². The molecular weight excluding hydrogens is 352 g/mol. The highest BCUT2D eigenvalue weighted by Gasteiger charge is 2.28. The number of amides is 1. The van der Waals surface area contributed by atoms with Crippen LogP contribution in [-0.2, 0) is 10.0 Å². The van der Waals surface area contributed by atoms with Crippen LogP contribution in [0.2, 0.25) is 0 Å². The smallest absolute Gasteiger partial charge is 0.251 e. The van der Waals surface area contributed by atoms with E-state index in [9.17, 15) is 13.2 Å². The molecule has 1 heterocycles. The van der Waals surface area contributed by atoms with Gasteiger partial charge in [0.2, 0.25) is 10.0 Å². The lowest BCUT2D eigenvalue weighted by atomic mass is 10.2. The van der Waals surface area contributed by atoms with Crippen LogP contribution in [-0.4, -0.2) is 39.8 Å². The molecule has 1 amide bonds. The van der Waals surface area contributed by atoms with Gasteiger partial charge in [-0.2, -0.15) is 0 Å². The molecule has 2 aromatic rings. The minimum Gasteiger partial charge on any atom is -0.492 e. The van der Waals surface area contributed by atoms with Crippen molar-refractivity contribution < 1.29 is 17.9 Å². The number of hydrogen-bond acceptors (Lipinski definition) is 4. The molecule has 1 aliphatic rings. The summed E-state index contributed by atoms with van der Waals surface area (Å²) in [6, 6.07) is 14.3. The molecule has 6 nitrogen and oxygen atoms in total. The van der Waals surface area contributed by atoms with Crippen LogP contribution in [0.25, 0.3) is 0 Å². The van der Waals surface area contributed by atoms with E-state index in [1.54, 1.807) is 24.3 Å². The van der Waals surface area contributed by atoms with Crippen molar-refractivity contribution in [1.29, 1.82) is 0 Å². The van der Waals surface area contributed by atoms with Crippen molar-refractivity contribution in [3.05, 3.63) is 59.7 Å². The quantitative estimate of drug-likeness (QED) is 0.788. The Hall–Kier alpha value is -2.54. The second-order valence-corrected chi connectivity index (χ2v) is 8.22. The number of sulfonamides is 1. The molecule has 0 atom stereocenters. The Balaban J connectivity index is 1.50. The zero-order chi connectivity index (χ0) is 18.6. The third-order valence-corrected chi connectivity index (χ3v) is 6.03. The van der Waals surface area contributed by atoms with Gasteiger partial charge < -0.3 is 10.1 Å². The van der Waals surface area contributed by atoms with Gasteiger partial charge in [0.1, 0.15) is 12.4 Å². The summed E-state index contributed by atoms with van der Waals surface area (Å²) < 4.78 is 30.8. The highest BCUT2D eigenvalue weighted by atomic mass is 32.2. The maximum Gasteiger partial charge on any atom is 0.251 e. The Morgan fingerprint density at radius 2 is 1.96 bits per heavy atom. The lowest BCUT2D eigenvalue weighted by Crippen LogP contribution is -2.28. The first-order valence-electron chi connectivity index (χ1n) is 8.54. The fraction of sp³-hybridized carbons (Fsp3) is 0.316. The number of nitrogens with one attached hydrogen (secondary N) is 1. The van der Waals surface area contributed by atoms with E-state index in [0.717, 1.165) is 11.3 Å². The first-order valence-corrected chi connectivity index (χ1v) is 10.1. The van der Waals surface area contributed by atoms with Crippen molar-refractivity contribution in [3.8, 4) is 5.75 Å². The molecule has 1 saturated heterocycles. The van der Waals surface area contributed by atoms with E-state index < -0.39 is 10.0 Å². The van der Waals surface area contributed by atoms with Crippen LogP contribution in [0.4, 0.5) is 5.69 Å². The molecule has 0 unspecified atom stereocenters. The summed E-state index contributed by atoms with van der Waals surface area (Å²) in [5.74, 6) is 0.736. The van der Waals surface area contributed by atoms with E-state index in [4.69, 9.17) is 4.74 Å². The highest BCUT2D eigenvalue weighted by Crippen LogP contribution is 2.24. The maximum atomic E-state index is 12.2. The van der Waals surface area contributed by atoms with E-state index in [1.807, 2.05) is 31.2 Å². The largest absolute Gasteiger partial charge is 0.492 e. The third-order valence-electron chi connectivity index (χ3n) is 4.16. The van der Waals surface area contributed by atoms with E-state index in [-0.39, 0.29) is 11.7 Å². The molecule has 0 radical (unpaired) electrons. The summed E-state index contributed by atoms with van der Waals surface area (Å²) in [5, 5.41) is 2.79. The summed E-state index contributed by atoms with van der Waals surface area (Å²) in [4.78, 5) is 12.2. The molecular formula is C19H22N2O4S. The molecule has 3 rings (SSSR count). The van der Waals surface area contributed by atoms with Crippen LogP contribution in [0.1, 0.15) is 22.3 Å². The Bertz CT molecular complexity index is 879. The Morgan fingerprint density at radius 1 is 1.19 bits per heavy atom. The van der Waals surface area contributed by atoms with Gasteiger partial charge in [-0.1, -0.05) is 12.1 Å². The zero-order valence-electron chi connectivity index (χ0n) is 14.6. The van der Waals surface area contributed by atoms with E-state index >= 15 is 0 Å². The highest BCUT2D eigenvalue weighted by molar-refractivity contribution is 7.93. The minimum absolute atomic E-state index is 0.177. The second kappa shape index (κ2) is 7.78. The molecule has 7 heteroatoms. The summed E-state index contributed by atoms with van der Waals surface area (Å²) in [6.07, 6.45) is 0.630. The predicted molar refractivity (Wildman–Crippen MR) is 101 cm³/mol. The molecule has 1 fully saturated rings. The third kappa shape index (κ3) is 4.35. The SMILES string of the molecule is Cc1cccc(OCCNC(=O)c2ccc(N3CCCS3(=O)=O)cc2)c1. The van der Waals surface area contributed by atoms with Crippen molar-refractivity contribution in [3.63, 3.8) is 0 Å². The number of benzene rings is 2. The first kappa shape index (κ1) is 18.3. The molecule has 138 valence electrons. The number of aryl methyl sites for hydroxylation is 1. The van der Waals surface area contributed by atoms with Gasteiger partial charge in [-0.15, -0.1) is 0 Å². The standard InChI is InChI=1S/C19H22N2O4S/c1-15-4-2-5-18(14-15)25-12-10-20-19(22)16-6-8-17(9-7-16)21-11-3-13-26(21,23)24/h2,4-9,14H,3,10-13H2,1H3,(H,20,22). The van der Waals surface area contributed by atoms with Crippen LogP contribution >= 0.6 is 0 Å².